The van der Waals surface area contributed by atoms with Crippen LogP contribution >= 0.6 is 22.7 Å². The van der Waals surface area contributed by atoms with Gasteiger partial charge in [0, 0.05) is 33.9 Å². The van der Waals surface area contributed by atoms with Crippen LogP contribution in [0.1, 0.15) is 33.3 Å². The summed E-state index contributed by atoms with van der Waals surface area (Å²) in [5, 5.41) is 8.08. The SMILES string of the molecule is CC(=O)NCc1ccc(-c2csc(NC(=O)c3ccc(C#Cc4ccccc4)cc3)n2)s1. The topological polar surface area (TPSA) is 71.1 Å². The first-order valence-electron chi connectivity index (χ1n) is 9.84. The van der Waals surface area contributed by atoms with Crippen molar-refractivity contribution in [3.63, 3.8) is 0 Å². The molecule has 0 saturated carbocycles. The standard InChI is InChI=1S/C25H19N3O2S2/c1-17(29)26-15-21-13-14-23(32-21)22-16-31-25(27-22)28-24(30)20-11-9-19(10-12-20)8-7-18-5-3-2-4-6-18/h2-6,9-14,16H,15H2,1H3,(H,26,29)(H,27,28,30). The van der Waals surface area contributed by atoms with Crippen LogP contribution < -0.4 is 10.6 Å². The van der Waals surface area contributed by atoms with Gasteiger partial charge in [-0.15, -0.1) is 22.7 Å². The molecule has 0 aliphatic heterocycles. The van der Waals surface area contributed by atoms with E-state index in [2.05, 4.69) is 27.5 Å². The van der Waals surface area contributed by atoms with Gasteiger partial charge in [-0.1, -0.05) is 30.0 Å². The number of aromatic nitrogens is 1. The molecule has 4 aromatic rings. The van der Waals surface area contributed by atoms with E-state index in [4.69, 9.17) is 0 Å². The van der Waals surface area contributed by atoms with Gasteiger partial charge in [0.15, 0.2) is 5.13 Å². The summed E-state index contributed by atoms with van der Waals surface area (Å²) in [4.78, 5) is 30.2. The van der Waals surface area contributed by atoms with E-state index in [0.717, 1.165) is 26.6 Å². The highest BCUT2D eigenvalue weighted by atomic mass is 32.1. The molecule has 5 nitrogen and oxygen atoms in total. The van der Waals surface area contributed by atoms with E-state index in [1.165, 1.54) is 18.3 Å². The van der Waals surface area contributed by atoms with Crippen LogP contribution in [0.4, 0.5) is 5.13 Å². The Morgan fingerprint density at radius 1 is 0.938 bits per heavy atom. The zero-order chi connectivity index (χ0) is 22.3. The minimum Gasteiger partial charge on any atom is -0.351 e. The van der Waals surface area contributed by atoms with Gasteiger partial charge < -0.3 is 5.32 Å². The summed E-state index contributed by atoms with van der Waals surface area (Å²) in [6.07, 6.45) is 0. The third-order valence-corrected chi connectivity index (χ3v) is 6.29. The van der Waals surface area contributed by atoms with Gasteiger partial charge in [-0.25, -0.2) is 4.98 Å². The molecule has 0 spiro atoms. The van der Waals surface area contributed by atoms with Gasteiger partial charge >= 0.3 is 0 Å². The number of hydrogen-bond donors (Lipinski definition) is 2. The molecule has 158 valence electrons. The summed E-state index contributed by atoms with van der Waals surface area (Å²) >= 11 is 2.94. The quantitative estimate of drug-likeness (QED) is 0.407. The Bertz CT molecular complexity index is 1300. The van der Waals surface area contributed by atoms with Crippen LogP contribution in [0, 0.1) is 11.8 Å². The fraction of sp³-hybridized carbons (Fsp3) is 0.0800. The van der Waals surface area contributed by atoms with Crippen LogP contribution in [-0.2, 0) is 11.3 Å². The van der Waals surface area contributed by atoms with E-state index in [-0.39, 0.29) is 11.8 Å². The smallest absolute Gasteiger partial charge is 0.257 e. The van der Waals surface area contributed by atoms with Crippen molar-refractivity contribution in [1.82, 2.24) is 10.3 Å². The Kier molecular flexibility index (Phi) is 6.75. The fourth-order valence-corrected chi connectivity index (χ4v) is 4.49. The zero-order valence-electron chi connectivity index (χ0n) is 17.2. The maximum Gasteiger partial charge on any atom is 0.257 e. The Labute approximate surface area is 194 Å². The van der Waals surface area contributed by atoms with Crippen LogP contribution in [-0.4, -0.2) is 16.8 Å². The first-order chi connectivity index (χ1) is 15.6. The van der Waals surface area contributed by atoms with Crippen molar-refractivity contribution >= 4 is 39.6 Å². The molecule has 0 bridgehead atoms. The molecule has 2 aromatic heterocycles. The van der Waals surface area contributed by atoms with E-state index < -0.39 is 0 Å². The maximum absolute atomic E-state index is 12.6. The van der Waals surface area contributed by atoms with Gasteiger partial charge in [0.1, 0.15) is 0 Å². The number of nitrogens with zero attached hydrogens (tertiary/aromatic N) is 1. The highest BCUT2D eigenvalue weighted by Gasteiger charge is 2.11. The molecule has 0 saturated heterocycles. The van der Waals surface area contributed by atoms with Crippen molar-refractivity contribution in [2.75, 3.05) is 5.32 Å². The number of carbonyl (C=O) groups excluding carboxylic acids is 2. The average molecular weight is 458 g/mol. The summed E-state index contributed by atoms with van der Waals surface area (Å²) in [7, 11) is 0. The fourth-order valence-electron chi connectivity index (χ4n) is 2.81. The summed E-state index contributed by atoms with van der Waals surface area (Å²) in [6, 6.07) is 20.9. The third-order valence-electron chi connectivity index (χ3n) is 4.42. The van der Waals surface area contributed by atoms with Crippen LogP contribution in [0.25, 0.3) is 10.6 Å². The molecule has 0 aliphatic rings. The van der Waals surface area contributed by atoms with Crippen molar-refractivity contribution in [2.24, 2.45) is 0 Å². The second-order valence-corrected chi connectivity index (χ2v) is 8.89. The molecule has 2 heterocycles. The van der Waals surface area contributed by atoms with Gasteiger partial charge in [-0.05, 0) is 48.5 Å². The van der Waals surface area contributed by atoms with E-state index in [9.17, 15) is 9.59 Å². The molecule has 7 heteroatoms. The second-order valence-electron chi connectivity index (χ2n) is 6.86. The zero-order valence-corrected chi connectivity index (χ0v) is 18.8. The van der Waals surface area contributed by atoms with Crippen LogP contribution in [0.3, 0.4) is 0 Å². The lowest BCUT2D eigenvalue weighted by Crippen LogP contribution is -2.17. The number of rotatable bonds is 5. The van der Waals surface area contributed by atoms with Gasteiger partial charge in [-0.3, -0.25) is 14.9 Å². The molecular weight excluding hydrogens is 438 g/mol. The lowest BCUT2D eigenvalue weighted by molar-refractivity contribution is -0.119. The van der Waals surface area contributed by atoms with E-state index in [0.29, 0.717) is 17.2 Å². The molecule has 2 aromatic carbocycles. The summed E-state index contributed by atoms with van der Waals surface area (Å²) in [5.41, 5.74) is 3.13. The van der Waals surface area contributed by atoms with Crippen molar-refractivity contribution in [3.8, 4) is 22.4 Å². The minimum atomic E-state index is -0.217. The van der Waals surface area contributed by atoms with Crippen molar-refractivity contribution < 1.29 is 9.59 Å². The first-order valence-corrected chi connectivity index (χ1v) is 11.5. The number of anilines is 1. The molecule has 32 heavy (non-hydrogen) atoms. The Hall–Kier alpha value is -3.73. The van der Waals surface area contributed by atoms with Gasteiger partial charge in [-0.2, -0.15) is 0 Å². The Morgan fingerprint density at radius 2 is 1.66 bits per heavy atom. The summed E-state index contributed by atoms with van der Waals surface area (Å²) in [6.45, 7) is 2.00. The van der Waals surface area contributed by atoms with Crippen molar-refractivity contribution in [1.29, 1.82) is 0 Å². The Balaban J connectivity index is 1.38. The second kappa shape index (κ2) is 10.1. The molecule has 2 N–H and O–H groups in total. The molecule has 0 radical (unpaired) electrons. The van der Waals surface area contributed by atoms with E-state index in [1.807, 2.05) is 60.0 Å². The predicted molar refractivity (Wildman–Crippen MR) is 130 cm³/mol. The van der Waals surface area contributed by atoms with Crippen LogP contribution in [0.2, 0.25) is 0 Å². The largest absolute Gasteiger partial charge is 0.351 e. The van der Waals surface area contributed by atoms with Crippen molar-refractivity contribution in [3.05, 3.63) is 93.7 Å². The molecule has 0 aliphatic carbocycles. The molecule has 4 rings (SSSR count). The molecular formula is C25H19N3O2S2. The third kappa shape index (κ3) is 5.70. The lowest BCUT2D eigenvalue weighted by atomic mass is 10.1. The van der Waals surface area contributed by atoms with Gasteiger partial charge in [0.2, 0.25) is 5.91 Å². The molecule has 2 amide bonds. The number of thiazole rings is 1. The summed E-state index contributed by atoms with van der Waals surface area (Å²) < 4.78 is 0. The molecule has 0 atom stereocenters. The average Bonchev–Trinajstić information content (AvgIpc) is 3.47. The highest BCUT2D eigenvalue weighted by Crippen LogP contribution is 2.31. The number of benzene rings is 2. The van der Waals surface area contributed by atoms with Crippen LogP contribution in [0.5, 0.6) is 0 Å². The van der Waals surface area contributed by atoms with E-state index >= 15 is 0 Å². The number of amides is 2. The highest BCUT2D eigenvalue weighted by molar-refractivity contribution is 7.17. The predicted octanol–water partition coefficient (Wildman–Crippen LogP) is 5.16. The van der Waals surface area contributed by atoms with Crippen LogP contribution in [0.15, 0.2) is 72.1 Å². The lowest BCUT2D eigenvalue weighted by Gasteiger charge is -2.01. The normalized spacial score (nSPS) is 10.2. The molecule has 0 fully saturated rings. The number of thiophene rings is 1. The van der Waals surface area contributed by atoms with Gasteiger partial charge in [0.05, 0.1) is 17.1 Å². The first kappa shape index (κ1) is 21.5. The monoisotopic (exact) mass is 457 g/mol. The van der Waals surface area contributed by atoms with E-state index in [1.54, 1.807) is 23.5 Å². The Morgan fingerprint density at radius 3 is 2.38 bits per heavy atom. The number of hydrogen-bond acceptors (Lipinski definition) is 5. The molecule has 0 unspecified atom stereocenters. The summed E-state index contributed by atoms with van der Waals surface area (Å²) in [5.74, 6) is 5.93. The minimum absolute atomic E-state index is 0.0603. The number of carbonyl (C=O) groups is 2. The van der Waals surface area contributed by atoms with Gasteiger partial charge in [0.25, 0.3) is 5.91 Å². The van der Waals surface area contributed by atoms with Crippen molar-refractivity contribution in [2.45, 2.75) is 13.5 Å². The maximum atomic E-state index is 12.6. The number of nitrogens with one attached hydrogen (secondary N) is 2.